The number of nitrogens with zero attached hydrogens (tertiary/aromatic N) is 4. The SMILES string of the molecule is C=CCn1c(SCc2ccc(C(=O)N3CCN(C/C=C/c4ccccc4)CC3)o2)nc2sc3c(c2c1=O)CCCC3. The number of carbonyl (C=O) groups is 1. The Morgan fingerprint density at radius 2 is 1.85 bits per heavy atom. The summed E-state index contributed by atoms with van der Waals surface area (Å²) in [5.41, 5.74) is 2.40. The fourth-order valence-corrected chi connectivity index (χ4v) is 7.72. The lowest BCUT2D eigenvalue weighted by atomic mass is 9.97. The van der Waals surface area contributed by atoms with E-state index in [0.717, 1.165) is 49.1 Å². The van der Waals surface area contributed by atoms with Gasteiger partial charge in [-0.1, -0.05) is 60.3 Å². The molecule has 41 heavy (non-hydrogen) atoms. The fraction of sp³-hybridized carbons (Fsp3) is 0.344. The molecule has 0 bridgehead atoms. The highest BCUT2D eigenvalue weighted by molar-refractivity contribution is 7.98. The number of piperazine rings is 1. The van der Waals surface area contributed by atoms with Gasteiger partial charge in [-0.05, 0) is 48.9 Å². The maximum Gasteiger partial charge on any atom is 0.289 e. The van der Waals surface area contributed by atoms with Crippen molar-refractivity contribution >= 4 is 45.3 Å². The molecule has 3 aromatic heterocycles. The number of aryl methyl sites for hydroxylation is 2. The number of amides is 1. The quantitative estimate of drug-likeness (QED) is 0.139. The number of aromatic nitrogens is 2. The van der Waals surface area contributed by atoms with Gasteiger partial charge in [-0.3, -0.25) is 19.1 Å². The van der Waals surface area contributed by atoms with Gasteiger partial charge >= 0.3 is 0 Å². The molecule has 4 heterocycles. The standard InChI is InChI=1S/C32H34N4O3S2/c1-2-16-36-31(38)28-25-12-6-7-13-27(25)41-29(28)33-32(36)40-22-24-14-15-26(39-24)30(37)35-20-18-34(19-21-35)17-8-11-23-9-4-3-5-10-23/h2-5,8-11,14-15H,1,6-7,12-13,16-22H2/b11-8+. The summed E-state index contributed by atoms with van der Waals surface area (Å²) in [5, 5.41) is 1.44. The third-order valence-electron chi connectivity index (χ3n) is 7.70. The van der Waals surface area contributed by atoms with Crippen LogP contribution in [0.15, 0.2) is 75.6 Å². The molecular weight excluding hydrogens is 553 g/mol. The number of thioether (sulfide) groups is 1. The Balaban J connectivity index is 1.07. The smallest absolute Gasteiger partial charge is 0.289 e. The predicted molar refractivity (Wildman–Crippen MR) is 167 cm³/mol. The van der Waals surface area contributed by atoms with Gasteiger partial charge < -0.3 is 9.32 Å². The average Bonchev–Trinajstić information content (AvgIpc) is 3.63. The van der Waals surface area contributed by atoms with Crippen molar-refractivity contribution in [3.63, 3.8) is 0 Å². The Labute approximate surface area is 248 Å². The number of carbonyl (C=O) groups excluding carboxylic acids is 1. The van der Waals surface area contributed by atoms with E-state index < -0.39 is 0 Å². The van der Waals surface area contributed by atoms with Gasteiger partial charge in [-0.2, -0.15) is 0 Å². The van der Waals surface area contributed by atoms with Crippen molar-refractivity contribution in [3.05, 3.63) is 99.1 Å². The zero-order chi connectivity index (χ0) is 28.2. The van der Waals surface area contributed by atoms with Crippen molar-refractivity contribution < 1.29 is 9.21 Å². The van der Waals surface area contributed by atoms with Gasteiger partial charge in [0.2, 0.25) is 0 Å². The zero-order valence-electron chi connectivity index (χ0n) is 23.1. The first kappa shape index (κ1) is 27.8. The molecule has 7 nitrogen and oxygen atoms in total. The van der Waals surface area contributed by atoms with E-state index >= 15 is 0 Å². The molecule has 0 saturated carbocycles. The third kappa shape index (κ3) is 6.12. The van der Waals surface area contributed by atoms with E-state index in [9.17, 15) is 9.59 Å². The van der Waals surface area contributed by atoms with E-state index in [4.69, 9.17) is 9.40 Å². The molecule has 0 unspecified atom stereocenters. The van der Waals surface area contributed by atoms with Crippen LogP contribution in [0.2, 0.25) is 0 Å². The molecule has 212 valence electrons. The lowest BCUT2D eigenvalue weighted by Gasteiger charge is -2.33. The van der Waals surface area contributed by atoms with Gasteiger partial charge in [0.1, 0.15) is 10.6 Å². The Bertz CT molecular complexity index is 1630. The van der Waals surface area contributed by atoms with Crippen molar-refractivity contribution in [1.82, 2.24) is 19.4 Å². The number of fused-ring (bicyclic) bond motifs is 3. The second kappa shape index (κ2) is 12.6. The number of hydrogen-bond acceptors (Lipinski definition) is 7. The van der Waals surface area contributed by atoms with Crippen LogP contribution in [0.4, 0.5) is 0 Å². The van der Waals surface area contributed by atoms with Gasteiger partial charge in [0, 0.05) is 44.1 Å². The van der Waals surface area contributed by atoms with Crippen LogP contribution in [0.25, 0.3) is 16.3 Å². The molecule has 0 spiro atoms. The van der Waals surface area contributed by atoms with Gasteiger partial charge in [0.05, 0.1) is 11.1 Å². The molecule has 1 aliphatic heterocycles. The largest absolute Gasteiger partial charge is 0.455 e. The van der Waals surface area contributed by atoms with E-state index in [2.05, 4.69) is 35.8 Å². The molecule has 1 amide bonds. The lowest BCUT2D eigenvalue weighted by Crippen LogP contribution is -2.48. The first-order chi connectivity index (χ1) is 20.1. The molecule has 4 aromatic rings. The van der Waals surface area contributed by atoms with E-state index in [1.54, 1.807) is 28.0 Å². The molecule has 6 rings (SSSR count). The van der Waals surface area contributed by atoms with Crippen LogP contribution in [0.3, 0.4) is 0 Å². The maximum absolute atomic E-state index is 13.5. The Kier molecular flexibility index (Phi) is 8.55. The van der Waals surface area contributed by atoms with Crippen LogP contribution >= 0.6 is 23.1 Å². The minimum atomic E-state index is -0.0759. The molecule has 0 N–H and O–H groups in total. The number of hydrogen-bond donors (Lipinski definition) is 0. The summed E-state index contributed by atoms with van der Waals surface area (Å²) in [4.78, 5) is 37.9. The molecule has 1 fully saturated rings. The van der Waals surface area contributed by atoms with Crippen molar-refractivity contribution in [3.8, 4) is 0 Å². The Morgan fingerprint density at radius 1 is 1.05 bits per heavy atom. The summed E-state index contributed by atoms with van der Waals surface area (Å²) in [5.74, 6) is 1.45. The average molecular weight is 587 g/mol. The van der Waals surface area contributed by atoms with Gasteiger partial charge in [-0.15, -0.1) is 17.9 Å². The fourth-order valence-electron chi connectivity index (χ4n) is 5.52. The summed E-state index contributed by atoms with van der Waals surface area (Å²) < 4.78 is 7.69. The van der Waals surface area contributed by atoms with Gasteiger partial charge in [0.25, 0.3) is 11.5 Å². The minimum absolute atomic E-state index is 0.0156. The summed E-state index contributed by atoms with van der Waals surface area (Å²) >= 11 is 3.12. The maximum atomic E-state index is 13.5. The topological polar surface area (TPSA) is 71.6 Å². The number of thiophene rings is 1. The molecule has 9 heteroatoms. The highest BCUT2D eigenvalue weighted by atomic mass is 32.2. The van der Waals surface area contributed by atoms with Gasteiger partial charge in [-0.25, -0.2) is 4.98 Å². The normalized spacial score (nSPS) is 16.0. The summed E-state index contributed by atoms with van der Waals surface area (Å²) in [6.45, 7) is 8.12. The zero-order valence-corrected chi connectivity index (χ0v) is 24.7. The van der Waals surface area contributed by atoms with Crippen molar-refractivity contribution in [1.29, 1.82) is 0 Å². The second-order valence-corrected chi connectivity index (χ2v) is 12.5. The molecule has 0 atom stereocenters. The highest BCUT2D eigenvalue weighted by Gasteiger charge is 2.25. The van der Waals surface area contributed by atoms with E-state index in [-0.39, 0.29) is 11.5 Å². The minimum Gasteiger partial charge on any atom is -0.455 e. The first-order valence-electron chi connectivity index (χ1n) is 14.2. The monoisotopic (exact) mass is 586 g/mol. The Morgan fingerprint density at radius 3 is 2.66 bits per heavy atom. The molecule has 1 aromatic carbocycles. The Hall–Kier alpha value is -3.40. The molecule has 2 aliphatic rings. The molecule has 1 saturated heterocycles. The van der Waals surface area contributed by atoms with Crippen molar-refractivity contribution in [2.75, 3.05) is 32.7 Å². The second-order valence-electron chi connectivity index (χ2n) is 10.5. The summed E-state index contributed by atoms with van der Waals surface area (Å²) in [6.07, 6.45) is 10.3. The third-order valence-corrected chi connectivity index (χ3v) is 9.88. The number of furan rings is 1. The highest BCUT2D eigenvalue weighted by Crippen LogP contribution is 2.35. The van der Waals surface area contributed by atoms with Crippen LogP contribution in [-0.2, 0) is 25.1 Å². The van der Waals surface area contributed by atoms with Crippen LogP contribution in [0.5, 0.6) is 0 Å². The van der Waals surface area contributed by atoms with E-state index in [1.807, 2.05) is 29.2 Å². The van der Waals surface area contributed by atoms with Crippen molar-refractivity contribution in [2.24, 2.45) is 0 Å². The molecule has 0 radical (unpaired) electrons. The summed E-state index contributed by atoms with van der Waals surface area (Å²) in [6, 6.07) is 13.9. The van der Waals surface area contributed by atoms with Crippen LogP contribution in [-0.4, -0.2) is 58.0 Å². The first-order valence-corrected chi connectivity index (χ1v) is 16.0. The number of rotatable bonds is 9. The van der Waals surface area contributed by atoms with Crippen molar-refractivity contribution in [2.45, 2.75) is 43.1 Å². The summed E-state index contributed by atoms with van der Waals surface area (Å²) in [7, 11) is 0. The van der Waals surface area contributed by atoms with Crippen LogP contribution in [0, 0.1) is 0 Å². The van der Waals surface area contributed by atoms with Crippen LogP contribution in [0.1, 0.15) is 45.2 Å². The molecular formula is C32H34N4O3S2. The number of benzene rings is 1. The molecule has 1 aliphatic carbocycles. The van der Waals surface area contributed by atoms with Gasteiger partial charge in [0.15, 0.2) is 10.9 Å². The van der Waals surface area contributed by atoms with E-state index in [0.29, 0.717) is 42.1 Å². The van der Waals surface area contributed by atoms with Crippen LogP contribution < -0.4 is 5.56 Å². The lowest BCUT2D eigenvalue weighted by molar-refractivity contribution is 0.0617. The number of allylic oxidation sites excluding steroid dienone is 1. The van der Waals surface area contributed by atoms with E-state index in [1.165, 1.54) is 34.2 Å². The predicted octanol–water partition coefficient (Wildman–Crippen LogP) is 5.88.